The number of hydrogen-bond donors (Lipinski definition) is 0. The van der Waals surface area contributed by atoms with Crippen molar-refractivity contribution in [3.63, 3.8) is 0 Å². The van der Waals surface area contributed by atoms with Crippen LogP contribution in [0.5, 0.6) is 0 Å². The molecular weight excluding hydrogens is 599 g/mol. The van der Waals surface area contributed by atoms with Gasteiger partial charge in [0.25, 0.3) is 0 Å². The Morgan fingerprint density at radius 1 is 0.429 bits per heavy atom. The maximum absolute atomic E-state index is 6.46. The van der Waals surface area contributed by atoms with Crippen molar-refractivity contribution in [2.45, 2.75) is 37.5 Å². The van der Waals surface area contributed by atoms with Gasteiger partial charge in [-0.3, -0.25) is 0 Å². The second kappa shape index (κ2) is 9.45. The van der Waals surface area contributed by atoms with Crippen LogP contribution in [0.3, 0.4) is 0 Å². The molecule has 3 heteroatoms. The van der Waals surface area contributed by atoms with Crippen LogP contribution in [0.15, 0.2) is 136 Å². The third kappa shape index (κ3) is 3.48. The average Bonchev–Trinajstić information content (AvgIpc) is 3.78. The Kier molecular flexibility index (Phi) is 5.14. The van der Waals surface area contributed by atoms with Crippen molar-refractivity contribution in [3.8, 4) is 11.1 Å². The van der Waals surface area contributed by atoms with E-state index in [0.717, 1.165) is 78.9 Å². The molecule has 4 bridgehead atoms. The molecule has 6 aromatic carbocycles. The fourth-order valence-corrected chi connectivity index (χ4v) is 11.4. The van der Waals surface area contributed by atoms with Crippen molar-refractivity contribution >= 4 is 60.9 Å². The molecule has 49 heavy (non-hydrogen) atoms. The molecule has 5 aliphatic carbocycles. The quantitative estimate of drug-likeness (QED) is 0.194. The molecule has 5 aliphatic rings. The van der Waals surface area contributed by atoms with Gasteiger partial charge in [0.1, 0.15) is 22.3 Å². The molecule has 0 atom stereocenters. The minimum atomic E-state index is 0.106. The fourth-order valence-electron chi connectivity index (χ4n) is 11.4. The molecule has 0 aliphatic heterocycles. The number of fused-ring (bicyclic) bond motifs is 9. The summed E-state index contributed by atoms with van der Waals surface area (Å²) in [6.45, 7) is 0. The lowest BCUT2D eigenvalue weighted by molar-refractivity contribution is -0.0399. The zero-order valence-electron chi connectivity index (χ0n) is 27.2. The van der Waals surface area contributed by atoms with Crippen molar-refractivity contribution in [3.05, 3.63) is 139 Å². The largest absolute Gasteiger partial charge is 0.456 e. The van der Waals surface area contributed by atoms with Gasteiger partial charge in [-0.1, -0.05) is 66.7 Å². The zero-order valence-corrected chi connectivity index (χ0v) is 27.2. The van der Waals surface area contributed by atoms with Crippen LogP contribution in [-0.4, -0.2) is 0 Å². The highest BCUT2D eigenvalue weighted by Crippen LogP contribution is 2.69. The maximum Gasteiger partial charge on any atom is 0.137 e. The van der Waals surface area contributed by atoms with Crippen molar-refractivity contribution in [2.75, 3.05) is 4.90 Å². The Hall–Kier alpha value is -5.28. The highest BCUT2D eigenvalue weighted by atomic mass is 16.3. The zero-order chi connectivity index (χ0) is 31.8. The molecule has 8 aromatic rings. The van der Waals surface area contributed by atoms with E-state index in [1.165, 1.54) is 48.9 Å². The van der Waals surface area contributed by atoms with Crippen LogP contribution in [0, 0.1) is 23.7 Å². The number of para-hydroxylation sites is 2. The van der Waals surface area contributed by atoms with E-state index in [4.69, 9.17) is 8.83 Å². The normalized spacial score (nSPS) is 24.8. The molecule has 0 unspecified atom stereocenters. The predicted octanol–water partition coefficient (Wildman–Crippen LogP) is 12.7. The number of benzene rings is 6. The van der Waals surface area contributed by atoms with Crippen LogP contribution in [0.2, 0.25) is 0 Å². The van der Waals surface area contributed by atoms with Crippen LogP contribution in [-0.2, 0) is 5.41 Å². The number of anilines is 3. The molecule has 0 radical (unpaired) electrons. The van der Waals surface area contributed by atoms with E-state index >= 15 is 0 Å². The molecule has 236 valence electrons. The van der Waals surface area contributed by atoms with Crippen LogP contribution < -0.4 is 4.90 Å². The van der Waals surface area contributed by atoms with E-state index in [9.17, 15) is 0 Å². The van der Waals surface area contributed by atoms with Crippen molar-refractivity contribution < 1.29 is 8.83 Å². The lowest BCUT2D eigenvalue weighted by Gasteiger charge is -2.61. The summed E-state index contributed by atoms with van der Waals surface area (Å²) in [7, 11) is 0. The van der Waals surface area contributed by atoms with E-state index in [2.05, 4.69) is 120 Å². The highest BCUT2D eigenvalue weighted by molar-refractivity contribution is 6.08. The van der Waals surface area contributed by atoms with E-state index in [-0.39, 0.29) is 5.41 Å². The Balaban J connectivity index is 1.10. The number of rotatable bonds is 3. The predicted molar refractivity (Wildman–Crippen MR) is 199 cm³/mol. The van der Waals surface area contributed by atoms with Crippen LogP contribution in [0.1, 0.15) is 43.2 Å². The minimum Gasteiger partial charge on any atom is -0.456 e. The molecule has 13 rings (SSSR count). The molecule has 3 nitrogen and oxygen atoms in total. The Labute approximate surface area is 284 Å². The minimum absolute atomic E-state index is 0.106. The molecule has 0 saturated heterocycles. The molecule has 4 saturated carbocycles. The third-order valence-corrected chi connectivity index (χ3v) is 13.0. The van der Waals surface area contributed by atoms with Crippen LogP contribution in [0.25, 0.3) is 55.0 Å². The summed E-state index contributed by atoms with van der Waals surface area (Å²) in [6.07, 6.45) is 6.97. The Bertz CT molecular complexity index is 2630. The van der Waals surface area contributed by atoms with E-state index in [1.807, 2.05) is 12.1 Å². The van der Waals surface area contributed by atoms with Gasteiger partial charge in [-0.2, -0.15) is 0 Å². The van der Waals surface area contributed by atoms with Gasteiger partial charge in [-0.25, -0.2) is 0 Å². The molecule has 0 amide bonds. The van der Waals surface area contributed by atoms with Gasteiger partial charge in [0.05, 0.1) is 0 Å². The fraction of sp³-hybridized carbons (Fsp3) is 0.217. The lowest BCUT2D eigenvalue weighted by Crippen LogP contribution is -2.55. The number of hydrogen-bond acceptors (Lipinski definition) is 3. The molecular formula is C46H35NO2. The van der Waals surface area contributed by atoms with Gasteiger partial charge >= 0.3 is 0 Å². The van der Waals surface area contributed by atoms with E-state index < -0.39 is 0 Å². The standard InChI is InChI=1S/C46H35NO2/c1-4-10-40-34(7-1)35-16-13-32(25-41(35)46(40)29-20-27-19-28(22-29)23-30(46)21-27)47(31-15-18-44-39(24-31)37-9-3-6-12-43(37)48-44)33-14-17-38-36-8-2-5-11-42(36)49-45(38)26-33/h1-18,24-30H,19-23H2. The van der Waals surface area contributed by atoms with Crippen molar-refractivity contribution in [2.24, 2.45) is 23.7 Å². The second-order valence-electron chi connectivity index (χ2n) is 15.3. The van der Waals surface area contributed by atoms with Crippen LogP contribution in [0.4, 0.5) is 17.1 Å². The van der Waals surface area contributed by atoms with Crippen LogP contribution >= 0.6 is 0 Å². The number of nitrogens with zero attached hydrogens (tertiary/aromatic N) is 1. The van der Waals surface area contributed by atoms with Gasteiger partial charge in [0.15, 0.2) is 0 Å². The first-order valence-electron chi connectivity index (χ1n) is 18.1. The molecule has 0 N–H and O–H groups in total. The van der Waals surface area contributed by atoms with E-state index in [1.54, 1.807) is 11.1 Å². The van der Waals surface area contributed by atoms with Gasteiger partial charge in [0, 0.05) is 50.1 Å². The summed E-state index contributed by atoms with van der Waals surface area (Å²) in [5.74, 6) is 3.26. The smallest absolute Gasteiger partial charge is 0.137 e. The maximum atomic E-state index is 6.46. The first-order chi connectivity index (χ1) is 24.2. The average molecular weight is 634 g/mol. The van der Waals surface area contributed by atoms with Crippen molar-refractivity contribution in [1.82, 2.24) is 0 Å². The first-order valence-corrected chi connectivity index (χ1v) is 18.1. The second-order valence-corrected chi connectivity index (χ2v) is 15.3. The number of furan rings is 2. The monoisotopic (exact) mass is 633 g/mol. The summed E-state index contributed by atoms with van der Waals surface area (Å²) >= 11 is 0. The molecule has 2 aromatic heterocycles. The Morgan fingerprint density at radius 2 is 0.980 bits per heavy atom. The van der Waals surface area contributed by atoms with Crippen molar-refractivity contribution in [1.29, 1.82) is 0 Å². The molecule has 4 fully saturated rings. The third-order valence-electron chi connectivity index (χ3n) is 13.0. The highest BCUT2D eigenvalue weighted by Gasteiger charge is 2.61. The van der Waals surface area contributed by atoms with Gasteiger partial charge in [-0.15, -0.1) is 0 Å². The van der Waals surface area contributed by atoms with E-state index in [0.29, 0.717) is 0 Å². The van der Waals surface area contributed by atoms with Gasteiger partial charge in [-0.05, 0) is 133 Å². The Morgan fingerprint density at radius 3 is 1.78 bits per heavy atom. The lowest BCUT2D eigenvalue weighted by atomic mass is 9.43. The SMILES string of the molecule is c1ccc2c(c1)-c1ccc(N(c3ccc4c(c3)oc3ccccc34)c3ccc4oc5ccccc5c4c3)cc1C21C2CC3CC(C2)CC1C3. The van der Waals surface area contributed by atoms with Gasteiger partial charge < -0.3 is 13.7 Å². The molecule has 2 heterocycles. The van der Waals surface area contributed by atoms with Gasteiger partial charge in [0.2, 0.25) is 0 Å². The summed E-state index contributed by atoms with van der Waals surface area (Å²) in [4.78, 5) is 2.45. The summed E-state index contributed by atoms with van der Waals surface area (Å²) in [5.41, 5.74) is 13.2. The summed E-state index contributed by atoms with van der Waals surface area (Å²) in [5, 5.41) is 4.58. The summed E-state index contributed by atoms with van der Waals surface area (Å²) in [6, 6.07) is 46.9. The molecule has 1 spiro atoms. The first kappa shape index (κ1) is 26.6. The topological polar surface area (TPSA) is 29.5 Å². The summed E-state index contributed by atoms with van der Waals surface area (Å²) < 4.78 is 12.7.